The summed E-state index contributed by atoms with van der Waals surface area (Å²) >= 11 is 0. The molecule has 0 saturated carbocycles. The number of fused-ring (bicyclic) bond motifs is 9. The van der Waals surface area contributed by atoms with Crippen LogP contribution in [0.4, 0.5) is 0 Å². The van der Waals surface area contributed by atoms with E-state index < -0.39 is 0 Å². The quantitative estimate of drug-likeness (QED) is 0.158. The van der Waals surface area contributed by atoms with E-state index in [9.17, 15) is 0 Å². The molecule has 0 fully saturated rings. The van der Waals surface area contributed by atoms with Crippen LogP contribution in [-0.2, 0) is 0 Å². The second-order valence-electron chi connectivity index (χ2n) is 15.5. The minimum atomic E-state index is 0.624. The Morgan fingerprint density at radius 3 is 1.31 bits per heavy atom. The lowest BCUT2D eigenvalue weighted by Crippen LogP contribution is -2.01. The summed E-state index contributed by atoms with van der Waals surface area (Å²) in [6.07, 6.45) is 0. The molecule has 0 saturated heterocycles. The average Bonchev–Trinajstić information content (AvgIpc) is 3.68. The van der Waals surface area contributed by atoms with Gasteiger partial charge < -0.3 is 4.57 Å². The van der Waals surface area contributed by atoms with Crippen LogP contribution in [0.1, 0.15) is 0 Å². The number of hydrogen-bond acceptors (Lipinski definition) is 3. The highest BCUT2D eigenvalue weighted by Gasteiger charge is 2.22. The Labute approximate surface area is 352 Å². The van der Waals surface area contributed by atoms with Crippen LogP contribution in [0.25, 0.3) is 116 Å². The van der Waals surface area contributed by atoms with Crippen LogP contribution in [0.3, 0.4) is 0 Å². The van der Waals surface area contributed by atoms with Gasteiger partial charge in [0.1, 0.15) is 0 Å². The molecule has 2 aromatic heterocycles. The normalized spacial score (nSPS) is 11.6. The fourth-order valence-electron chi connectivity index (χ4n) is 9.26. The Hall–Kier alpha value is -8.21. The highest BCUT2D eigenvalue weighted by Crippen LogP contribution is 2.45. The summed E-state index contributed by atoms with van der Waals surface area (Å²) in [6, 6.07) is 77.7. The van der Waals surface area contributed by atoms with Crippen molar-refractivity contribution >= 4 is 54.1 Å². The van der Waals surface area contributed by atoms with Gasteiger partial charge in [-0.15, -0.1) is 0 Å². The van der Waals surface area contributed by atoms with Gasteiger partial charge in [0.25, 0.3) is 0 Å². The van der Waals surface area contributed by atoms with E-state index in [1.807, 2.05) is 36.4 Å². The summed E-state index contributed by atoms with van der Waals surface area (Å²) in [5.41, 5.74) is 10.8. The van der Waals surface area contributed by atoms with Crippen molar-refractivity contribution < 1.29 is 0 Å². The summed E-state index contributed by atoms with van der Waals surface area (Å²) in [5.74, 6) is 1.89. The van der Waals surface area contributed by atoms with Crippen molar-refractivity contribution in [1.82, 2.24) is 19.5 Å². The molecule has 0 N–H and O–H groups in total. The number of para-hydroxylation sites is 1. The predicted octanol–water partition coefficient (Wildman–Crippen LogP) is 14.8. The van der Waals surface area contributed by atoms with Gasteiger partial charge in [-0.3, -0.25) is 0 Å². The zero-order chi connectivity index (χ0) is 40.3. The van der Waals surface area contributed by atoms with Gasteiger partial charge in [-0.1, -0.05) is 176 Å². The van der Waals surface area contributed by atoms with E-state index in [0.29, 0.717) is 17.5 Å². The fraction of sp³-hybridized carbons (Fsp3) is 0. The molecule has 0 atom stereocenters. The van der Waals surface area contributed by atoms with E-state index in [2.05, 4.69) is 187 Å². The molecule has 61 heavy (non-hydrogen) atoms. The van der Waals surface area contributed by atoms with Crippen LogP contribution < -0.4 is 0 Å². The van der Waals surface area contributed by atoms with E-state index in [-0.39, 0.29) is 0 Å². The van der Waals surface area contributed by atoms with Gasteiger partial charge in [-0.05, 0) is 97.0 Å². The van der Waals surface area contributed by atoms with Gasteiger partial charge in [0.2, 0.25) is 0 Å². The lowest BCUT2D eigenvalue weighted by molar-refractivity contribution is 1.07. The molecule has 12 rings (SSSR count). The number of nitrogens with zero attached hydrogens (tertiary/aromatic N) is 4. The minimum Gasteiger partial charge on any atom is -0.309 e. The standard InChI is InChI=1S/C57H36N4/c1-5-18-37(19-6-1)42-30-17-31-53-54(42)51-34-40(32-33-52(51)61(53)41-24-11-4-12-25-41)47-35-48-45-28-15-13-26-43(45)44-27-14-16-29-46(44)49(48)36-50(47)57-59-55(38-20-7-2-8-21-38)58-56(60-57)39-22-9-3-10-23-39/h1-36H. The maximum absolute atomic E-state index is 5.32. The third-order valence-corrected chi connectivity index (χ3v) is 12.0. The van der Waals surface area contributed by atoms with Gasteiger partial charge in [0, 0.05) is 33.2 Å². The molecular weight excluding hydrogens is 741 g/mol. The Balaban J connectivity index is 1.21. The summed E-state index contributed by atoms with van der Waals surface area (Å²) in [6.45, 7) is 0. The zero-order valence-corrected chi connectivity index (χ0v) is 33.1. The summed E-state index contributed by atoms with van der Waals surface area (Å²) < 4.78 is 2.39. The SMILES string of the molecule is c1ccc(-c2nc(-c3ccccc3)nc(-c3cc4c5ccccc5c5ccccc5c4cc3-c3ccc4c(c3)c3c(-c5ccccc5)cccc3n4-c3ccccc3)n2)cc1. The van der Waals surface area contributed by atoms with Crippen LogP contribution in [0.15, 0.2) is 218 Å². The van der Waals surface area contributed by atoms with E-state index in [0.717, 1.165) is 49.9 Å². The van der Waals surface area contributed by atoms with Crippen LogP contribution in [0.2, 0.25) is 0 Å². The molecule has 0 spiro atoms. The maximum atomic E-state index is 5.32. The zero-order valence-electron chi connectivity index (χ0n) is 33.1. The van der Waals surface area contributed by atoms with Crippen molar-refractivity contribution in [3.8, 4) is 62.1 Å². The molecule has 0 unspecified atom stereocenters. The second-order valence-corrected chi connectivity index (χ2v) is 15.5. The highest BCUT2D eigenvalue weighted by molar-refractivity contribution is 6.27. The van der Waals surface area contributed by atoms with Crippen molar-refractivity contribution in [2.45, 2.75) is 0 Å². The molecule has 0 amide bonds. The van der Waals surface area contributed by atoms with Gasteiger partial charge in [-0.25, -0.2) is 15.0 Å². The Morgan fingerprint density at radius 1 is 0.262 bits per heavy atom. The molecular formula is C57H36N4. The molecule has 0 radical (unpaired) electrons. The van der Waals surface area contributed by atoms with Gasteiger partial charge >= 0.3 is 0 Å². The molecule has 284 valence electrons. The molecule has 4 nitrogen and oxygen atoms in total. The van der Waals surface area contributed by atoms with Crippen LogP contribution in [-0.4, -0.2) is 19.5 Å². The molecule has 0 aliphatic heterocycles. The molecule has 12 aromatic rings. The third-order valence-electron chi connectivity index (χ3n) is 12.0. The third kappa shape index (κ3) is 5.80. The first-order chi connectivity index (χ1) is 30.3. The first-order valence-corrected chi connectivity index (χ1v) is 20.7. The molecule has 0 aliphatic carbocycles. The fourth-order valence-corrected chi connectivity index (χ4v) is 9.26. The highest BCUT2D eigenvalue weighted by atomic mass is 15.0. The molecule has 0 aliphatic rings. The van der Waals surface area contributed by atoms with Gasteiger partial charge in [0.15, 0.2) is 17.5 Å². The number of benzene rings is 10. The lowest BCUT2D eigenvalue weighted by Gasteiger charge is -2.17. The predicted molar refractivity (Wildman–Crippen MR) is 254 cm³/mol. The van der Waals surface area contributed by atoms with Crippen molar-refractivity contribution in [2.24, 2.45) is 0 Å². The average molecular weight is 777 g/mol. The monoisotopic (exact) mass is 776 g/mol. The van der Waals surface area contributed by atoms with Crippen LogP contribution in [0, 0.1) is 0 Å². The Bertz CT molecular complexity index is 3560. The van der Waals surface area contributed by atoms with Crippen LogP contribution in [0.5, 0.6) is 0 Å². The smallest absolute Gasteiger partial charge is 0.164 e. The van der Waals surface area contributed by atoms with Crippen molar-refractivity contribution in [3.63, 3.8) is 0 Å². The first-order valence-electron chi connectivity index (χ1n) is 20.7. The number of rotatable bonds is 6. The van der Waals surface area contributed by atoms with Crippen molar-refractivity contribution in [1.29, 1.82) is 0 Å². The molecule has 10 aromatic carbocycles. The van der Waals surface area contributed by atoms with E-state index in [4.69, 9.17) is 15.0 Å². The minimum absolute atomic E-state index is 0.624. The molecule has 4 heteroatoms. The topological polar surface area (TPSA) is 43.6 Å². The van der Waals surface area contributed by atoms with E-state index in [1.54, 1.807) is 0 Å². The van der Waals surface area contributed by atoms with E-state index >= 15 is 0 Å². The Kier molecular flexibility index (Phi) is 8.13. The van der Waals surface area contributed by atoms with Crippen molar-refractivity contribution in [3.05, 3.63) is 218 Å². The van der Waals surface area contributed by atoms with Crippen LogP contribution >= 0.6 is 0 Å². The van der Waals surface area contributed by atoms with Gasteiger partial charge in [0.05, 0.1) is 11.0 Å². The maximum Gasteiger partial charge on any atom is 0.164 e. The molecule has 2 heterocycles. The Morgan fingerprint density at radius 2 is 0.738 bits per heavy atom. The van der Waals surface area contributed by atoms with Gasteiger partial charge in [-0.2, -0.15) is 0 Å². The largest absolute Gasteiger partial charge is 0.309 e. The second kappa shape index (κ2) is 14.3. The summed E-state index contributed by atoms with van der Waals surface area (Å²) in [5, 5.41) is 9.59. The lowest BCUT2D eigenvalue weighted by atomic mass is 9.88. The summed E-state index contributed by atoms with van der Waals surface area (Å²) in [4.78, 5) is 15.7. The molecule has 0 bridgehead atoms. The summed E-state index contributed by atoms with van der Waals surface area (Å²) in [7, 11) is 0. The first kappa shape index (κ1) is 34.8. The van der Waals surface area contributed by atoms with Crippen molar-refractivity contribution in [2.75, 3.05) is 0 Å². The number of hydrogen-bond donors (Lipinski definition) is 0. The number of aromatic nitrogens is 4. The van der Waals surface area contributed by atoms with E-state index in [1.165, 1.54) is 48.8 Å².